The van der Waals surface area contributed by atoms with E-state index in [1.54, 1.807) is 10.6 Å². The highest BCUT2D eigenvalue weighted by atomic mass is 16.1. The molecule has 0 aliphatic heterocycles. The Bertz CT molecular complexity index is 612. The minimum atomic E-state index is -0.0402. The molecule has 0 aromatic carbocycles. The van der Waals surface area contributed by atoms with Gasteiger partial charge in [-0.2, -0.15) is 0 Å². The van der Waals surface area contributed by atoms with E-state index in [1.165, 1.54) is 0 Å². The fraction of sp³-hybridized carbons (Fsp3) is 0.571. The van der Waals surface area contributed by atoms with Crippen molar-refractivity contribution in [2.45, 2.75) is 46.6 Å². The highest BCUT2D eigenvalue weighted by Crippen LogP contribution is 2.15. The molecule has 0 aliphatic carbocycles. The van der Waals surface area contributed by atoms with Crippen LogP contribution in [0.25, 0.3) is 5.65 Å². The zero-order valence-electron chi connectivity index (χ0n) is 11.9. The Morgan fingerprint density at radius 2 is 2.16 bits per heavy atom. The zero-order valence-corrected chi connectivity index (χ0v) is 11.9. The van der Waals surface area contributed by atoms with Crippen molar-refractivity contribution in [3.63, 3.8) is 0 Å². The minimum Gasteiger partial charge on any atom is -0.311 e. The van der Waals surface area contributed by atoms with Gasteiger partial charge in [0.1, 0.15) is 0 Å². The van der Waals surface area contributed by atoms with Crippen LogP contribution < -0.4 is 10.9 Å². The number of hydrogen-bond acceptors (Lipinski definition) is 3. The molecule has 0 saturated carbocycles. The lowest BCUT2D eigenvalue weighted by Crippen LogP contribution is -2.16. The van der Waals surface area contributed by atoms with Crippen molar-refractivity contribution in [2.75, 3.05) is 6.54 Å². The third kappa shape index (κ3) is 2.87. The first-order chi connectivity index (χ1) is 9.17. The Morgan fingerprint density at radius 1 is 1.37 bits per heavy atom. The Kier molecular flexibility index (Phi) is 4.37. The Balaban J connectivity index is 2.47. The van der Waals surface area contributed by atoms with Crippen LogP contribution in [0.15, 0.2) is 10.9 Å². The van der Waals surface area contributed by atoms with Crippen molar-refractivity contribution in [3.05, 3.63) is 33.4 Å². The van der Waals surface area contributed by atoms with Gasteiger partial charge in [0.05, 0.1) is 5.69 Å². The molecule has 2 rings (SSSR count). The number of nitrogens with one attached hydrogen (secondary N) is 2. The molecule has 19 heavy (non-hydrogen) atoms. The minimum absolute atomic E-state index is 0.0402. The molecule has 0 spiro atoms. The molecule has 0 radical (unpaired) electrons. The van der Waals surface area contributed by atoms with Gasteiger partial charge in [-0.05, 0) is 26.3 Å². The standard InChI is InChI=1S/C14H22N4O/c1-4-6-11-12(9-15-7-5-2)17-18-13(19)8-10(3)16-14(11)18/h8,15,17H,4-7,9H2,1-3H3. The van der Waals surface area contributed by atoms with Crippen LogP contribution in [0.1, 0.15) is 43.6 Å². The summed E-state index contributed by atoms with van der Waals surface area (Å²) in [4.78, 5) is 16.5. The molecule has 5 nitrogen and oxygen atoms in total. The maximum absolute atomic E-state index is 12.0. The average Bonchev–Trinajstić information content (AvgIpc) is 2.70. The summed E-state index contributed by atoms with van der Waals surface area (Å²) < 4.78 is 1.56. The van der Waals surface area contributed by atoms with Gasteiger partial charge in [0, 0.05) is 23.9 Å². The van der Waals surface area contributed by atoms with Crippen molar-refractivity contribution >= 4 is 5.65 Å². The van der Waals surface area contributed by atoms with E-state index in [1.807, 2.05) is 6.92 Å². The van der Waals surface area contributed by atoms with E-state index in [2.05, 4.69) is 29.2 Å². The van der Waals surface area contributed by atoms with Crippen molar-refractivity contribution < 1.29 is 0 Å². The predicted molar refractivity (Wildman–Crippen MR) is 76.5 cm³/mol. The maximum Gasteiger partial charge on any atom is 0.272 e. The number of aromatic nitrogens is 3. The van der Waals surface area contributed by atoms with E-state index in [-0.39, 0.29) is 5.56 Å². The summed E-state index contributed by atoms with van der Waals surface area (Å²) in [6.07, 6.45) is 3.07. The summed E-state index contributed by atoms with van der Waals surface area (Å²) in [7, 11) is 0. The maximum atomic E-state index is 12.0. The largest absolute Gasteiger partial charge is 0.311 e. The Morgan fingerprint density at radius 3 is 2.84 bits per heavy atom. The van der Waals surface area contributed by atoms with Crippen LogP contribution in [-0.4, -0.2) is 21.1 Å². The first kappa shape index (κ1) is 13.8. The molecule has 2 aromatic rings. The van der Waals surface area contributed by atoms with Gasteiger partial charge in [-0.25, -0.2) is 9.50 Å². The number of aryl methyl sites for hydroxylation is 2. The summed E-state index contributed by atoms with van der Waals surface area (Å²) in [5.41, 5.74) is 3.74. The molecule has 0 bridgehead atoms. The third-order valence-corrected chi connectivity index (χ3v) is 3.16. The number of nitrogens with zero attached hydrogens (tertiary/aromatic N) is 2. The smallest absolute Gasteiger partial charge is 0.272 e. The zero-order chi connectivity index (χ0) is 13.8. The molecule has 0 saturated heterocycles. The van der Waals surface area contributed by atoms with Crippen molar-refractivity contribution in [1.82, 2.24) is 19.9 Å². The average molecular weight is 262 g/mol. The molecule has 0 atom stereocenters. The van der Waals surface area contributed by atoms with Gasteiger partial charge in [-0.15, -0.1) is 0 Å². The summed E-state index contributed by atoms with van der Waals surface area (Å²) in [5, 5.41) is 6.55. The van der Waals surface area contributed by atoms with E-state index in [9.17, 15) is 4.79 Å². The second kappa shape index (κ2) is 6.02. The van der Waals surface area contributed by atoms with E-state index in [0.717, 1.165) is 55.0 Å². The monoisotopic (exact) mass is 262 g/mol. The highest BCUT2D eigenvalue weighted by Gasteiger charge is 2.13. The normalized spacial score (nSPS) is 11.3. The summed E-state index contributed by atoms with van der Waals surface area (Å²) >= 11 is 0. The molecule has 2 aromatic heterocycles. The third-order valence-electron chi connectivity index (χ3n) is 3.16. The van der Waals surface area contributed by atoms with E-state index in [0.29, 0.717) is 0 Å². The molecule has 0 aliphatic rings. The topological polar surface area (TPSA) is 62.2 Å². The second-order valence-electron chi connectivity index (χ2n) is 4.89. The predicted octanol–water partition coefficient (Wildman–Crippen LogP) is 1.78. The van der Waals surface area contributed by atoms with Crippen LogP contribution in [0.2, 0.25) is 0 Å². The second-order valence-corrected chi connectivity index (χ2v) is 4.89. The van der Waals surface area contributed by atoms with Crippen LogP contribution in [0.5, 0.6) is 0 Å². The van der Waals surface area contributed by atoms with Gasteiger partial charge in [-0.3, -0.25) is 9.89 Å². The van der Waals surface area contributed by atoms with Crippen LogP contribution in [0.3, 0.4) is 0 Å². The highest BCUT2D eigenvalue weighted by molar-refractivity contribution is 5.50. The SMILES string of the molecule is CCCNCc1[nH]n2c(=O)cc(C)nc2c1CCC. The molecule has 104 valence electrons. The molecule has 2 N–H and O–H groups in total. The molecule has 0 amide bonds. The van der Waals surface area contributed by atoms with Crippen LogP contribution in [0.4, 0.5) is 0 Å². The van der Waals surface area contributed by atoms with E-state index < -0.39 is 0 Å². The van der Waals surface area contributed by atoms with Gasteiger partial charge >= 0.3 is 0 Å². The van der Waals surface area contributed by atoms with Crippen LogP contribution in [0, 0.1) is 6.92 Å². The molecule has 0 unspecified atom stereocenters. The lowest BCUT2D eigenvalue weighted by atomic mass is 10.1. The van der Waals surface area contributed by atoms with Crippen molar-refractivity contribution in [2.24, 2.45) is 0 Å². The molecular formula is C14H22N4O. The number of aromatic amines is 1. The van der Waals surface area contributed by atoms with Gasteiger partial charge in [-0.1, -0.05) is 20.3 Å². The van der Waals surface area contributed by atoms with Gasteiger partial charge < -0.3 is 5.32 Å². The molecule has 2 heterocycles. The molecule has 0 fully saturated rings. The fourth-order valence-electron chi connectivity index (χ4n) is 2.29. The summed E-state index contributed by atoms with van der Waals surface area (Å²) in [5.74, 6) is 0. The summed E-state index contributed by atoms with van der Waals surface area (Å²) in [6, 6.07) is 1.56. The fourth-order valence-corrected chi connectivity index (χ4v) is 2.29. The number of hydrogen-bond donors (Lipinski definition) is 2. The number of fused-ring (bicyclic) bond motifs is 1. The molecule has 5 heteroatoms. The van der Waals surface area contributed by atoms with Gasteiger partial charge in [0.15, 0.2) is 5.65 Å². The van der Waals surface area contributed by atoms with E-state index in [4.69, 9.17) is 0 Å². The van der Waals surface area contributed by atoms with Crippen LogP contribution in [-0.2, 0) is 13.0 Å². The quantitative estimate of drug-likeness (QED) is 0.780. The number of rotatable bonds is 6. The van der Waals surface area contributed by atoms with Crippen molar-refractivity contribution in [1.29, 1.82) is 0 Å². The van der Waals surface area contributed by atoms with E-state index >= 15 is 0 Å². The lowest BCUT2D eigenvalue weighted by Gasteiger charge is -2.03. The Labute approximate surface area is 113 Å². The first-order valence-corrected chi connectivity index (χ1v) is 6.98. The Hall–Kier alpha value is -1.62. The van der Waals surface area contributed by atoms with Crippen LogP contribution >= 0.6 is 0 Å². The van der Waals surface area contributed by atoms with Gasteiger partial charge in [0.25, 0.3) is 5.56 Å². The van der Waals surface area contributed by atoms with Crippen molar-refractivity contribution in [3.8, 4) is 0 Å². The first-order valence-electron chi connectivity index (χ1n) is 6.98. The summed E-state index contributed by atoms with van der Waals surface area (Å²) in [6.45, 7) is 7.87. The lowest BCUT2D eigenvalue weighted by molar-refractivity contribution is 0.653. The number of H-pyrrole nitrogens is 1. The molecular weight excluding hydrogens is 240 g/mol. The van der Waals surface area contributed by atoms with Gasteiger partial charge in [0.2, 0.25) is 0 Å².